The van der Waals surface area contributed by atoms with E-state index < -0.39 is 0 Å². The molecule has 7 heteroatoms. The fourth-order valence-corrected chi connectivity index (χ4v) is 2.95. The Bertz CT molecular complexity index is 763. The van der Waals surface area contributed by atoms with Crippen molar-refractivity contribution in [1.82, 2.24) is 14.8 Å². The minimum absolute atomic E-state index is 0.0285. The van der Waals surface area contributed by atoms with Crippen LogP contribution in [0.1, 0.15) is 49.2 Å². The molecule has 0 spiro atoms. The molecule has 28 heavy (non-hydrogen) atoms. The SMILES string of the molecule is CCCN(Cc1cccn1Cc1ccc(C(=O)NCCOC)o1)C(=O)C(C)C. The van der Waals surface area contributed by atoms with Crippen LogP contribution in [0.5, 0.6) is 0 Å². The van der Waals surface area contributed by atoms with Gasteiger partial charge >= 0.3 is 0 Å². The normalized spacial score (nSPS) is 11.0. The van der Waals surface area contributed by atoms with E-state index in [0.29, 0.717) is 32.0 Å². The lowest BCUT2D eigenvalue weighted by Crippen LogP contribution is -2.35. The van der Waals surface area contributed by atoms with Crippen LogP contribution in [0.25, 0.3) is 0 Å². The average Bonchev–Trinajstić information content (AvgIpc) is 3.31. The van der Waals surface area contributed by atoms with Gasteiger partial charge in [0.1, 0.15) is 5.76 Å². The summed E-state index contributed by atoms with van der Waals surface area (Å²) in [5.41, 5.74) is 1.03. The molecule has 2 rings (SSSR count). The second-order valence-corrected chi connectivity index (χ2v) is 7.06. The van der Waals surface area contributed by atoms with Crippen LogP contribution in [0.4, 0.5) is 0 Å². The van der Waals surface area contributed by atoms with Crippen LogP contribution >= 0.6 is 0 Å². The molecule has 0 atom stereocenters. The predicted molar refractivity (Wildman–Crippen MR) is 107 cm³/mol. The smallest absolute Gasteiger partial charge is 0.287 e. The second-order valence-electron chi connectivity index (χ2n) is 7.06. The van der Waals surface area contributed by atoms with Gasteiger partial charge in [0.15, 0.2) is 5.76 Å². The van der Waals surface area contributed by atoms with Crippen molar-refractivity contribution in [2.24, 2.45) is 5.92 Å². The third kappa shape index (κ3) is 5.99. The molecular formula is C21H31N3O4. The molecule has 1 N–H and O–H groups in total. The molecule has 0 fully saturated rings. The average molecular weight is 389 g/mol. The van der Waals surface area contributed by atoms with Gasteiger partial charge in [0.05, 0.1) is 19.7 Å². The number of furan rings is 1. The van der Waals surface area contributed by atoms with Crippen LogP contribution in [0, 0.1) is 5.92 Å². The highest BCUT2D eigenvalue weighted by molar-refractivity contribution is 5.91. The molecule has 2 amide bonds. The Morgan fingerprint density at radius 1 is 1.29 bits per heavy atom. The fourth-order valence-electron chi connectivity index (χ4n) is 2.95. The van der Waals surface area contributed by atoms with Gasteiger partial charge < -0.3 is 23.9 Å². The van der Waals surface area contributed by atoms with Crippen LogP contribution in [0.3, 0.4) is 0 Å². The molecule has 7 nitrogen and oxygen atoms in total. The van der Waals surface area contributed by atoms with E-state index in [4.69, 9.17) is 9.15 Å². The molecule has 0 aliphatic heterocycles. The molecule has 0 aromatic carbocycles. The first-order chi connectivity index (χ1) is 13.5. The summed E-state index contributed by atoms with van der Waals surface area (Å²) in [4.78, 5) is 26.4. The maximum absolute atomic E-state index is 12.5. The number of nitrogens with zero attached hydrogens (tertiary/aromatic N) is 2. The van der Waals surface area contributed by atoms with Crippen LogP contribution in [-0.2, 0) is 22.6 Å². The summed E-state index contributed by atoms with van der Waals surface area (Å²) in [5.74, 6) is 0.837. The van der Waals surface area contributed by atoms with Gasteiger partial charge in [-0.15, -0.1) is 0 Å². The lowest BCUT2D eigenvalue weighted by atomic mass is 10.2. The van der Waals surface area contributed by atoms with Crippen LogP contribution in [0.2, 0.25) is 0 Å². The summed E-state index contributed by atoms with van der Waals surface area (Å²) in [7, 11) is 1.59. The molecule has 2 heterocycles. The predicted octanol–water partition coefficient (Wildman–Crippen LogP) is 2.90. The quantitative estimate of drug-likeness (QED) is 0.600. The largest absolute Gasteiger partial charge is 0.454 e. The summed E-state index contributed by atoms with van der Waals surface area (Å²) in [6, 6.07) is 7.45. The lowest BCUT2D eigenvalue weighted by Gasteiger charge is -2.24. The molecular weight excluding hydrogens is 358 g/mol. The van der Waals surface area contributed by atoms with Crippen molar-refractivity contribution in [3.63, 3.8) is 0 Å². The first-order valence-corrected chi connectivity index (χ1v) is 9.74. The Morgan fingerprint density at radius 2 is 2.07 bits per heavy atom. The van der Waals surface area contributed by atoms with Gasteiger partial charge in [-0.25, -0.2) is 0 Å². The van der Waals surface area contributed by atoms with Gasteiger partial charge in [-0.05, 0) is 30.7 Å². The lowest BCUT2D eigenvalue weighted by molar-refractivity contribution is -0.135. The Balaban J connectivity index is 2.04. The summed E-state index contributed by atoms with van der Waals surface area (Å²) < 4.78 is 12.7. The number of rotatable bonds is 11. The van der Waals surface area contributed by atoms with E-state index in [9.17, 15) is 9.59 Å². The summed E-state index contributed by atoms with van der Waals surface area (Å²) in [6.07, 6.45) is 2.87. The molecule has 2 aromatic heterocycles. The number of ether oxygens (including phenoxy) is 1. The molecule has 154 valence electrons. The zero-order chi connectivity index (χ0) is 20.5. The third-order valence-electron chi connectivity index (χ3n) is 4.38. The zero-order valence-electron chi connectivity index (χ0n) is 17.2. The minimum Gasteiger partial charge on any atom is -0.454 e. The van der Waals surface area contributed by atoms with Crippen molar-refractivity contribution in [3.8, 4) is 0 Å². The van der Waals surface area contributed by atoms with Crippen molar-refractivity contribution >= 4 is 11.8 Å². The number of nitrogens with one attached hydrogen (secondary N) is 1. The Morgan fingerprint density at radius 3 is 2.75 bits per heavy atom. The molecule has 0 radical (unpaired) electrons. The number of methoxy groups -OCH3 is 1. The van der Waals surface area contributed by atoms with E-state index in [0.717, 1.165) is 18.7 Å². The van der Waals surface area contributed by atoms with Gasteiger partial charge in [-0.1, -0.05) is 20.8 Å². The highest BCUT2D eigenvalue weighted by atomic mass is 16.5. The van der Waals surface area contributed by atoms with Crippen molar-refractivity contribution in [3.05, 3.63) is 47.7 Å². The van der Waals surface area contributed by atoms with Crippen molar-refractivity contribution in [2.75, 3.05) is 26.8 Å². The maximum atomic E-state index is 12.5. The van der Waals surface area contributed by atoms with E-state index in [1.165, 1.54) is 0 Å². The molecule has 0 bridgehead atoms. The molecule has 2 aromatic rings. The zero-order valence-corrected chi connectivity index (χ0v) is 17.2. The number of hydrogen-bond acceptors (Lipinski definition) is 4. The van der Waals surface area contributed by atoms with Crippen molar-refractivity contribution in [1.29, 1.82) is 0 Å². The van der Waals surface area contributed by atoms with E-state index in [1.807, 2.05) is 41.6 Å². The summed E-state index contributed by atoms with van der Waals surface area (Å²) in [5, 5.41) is 2.74. The van der Waals surface area contributed by atoms with Crippen LogP contribution in [0.15, 0.2) is 34.9 Å². The highest BCUT2D eigenvalue weighted by Gasteiger charge is 2.18. The Hall–Kier alpha value is -2.54. The summed E-state index contributed by atoms with van der Waals surface area (Å²) in [6.45, 7) is 8.60. The van der Waals surface area contributed by atoms with Crippen molar-refractivity contribution < 1.29 is 18.7 Å². The Labute approximate surface area is 166 Å². The fraction of sp³-hybridized carbons (Fsp3) is 0.524. The number of aromatic nitrogens is 1. The van der Waals surface area contributed by atoms with Crippen molar-refractivity contribution in [2.45, 2.75) is 40.3 Å². The van der Waals surface area contributed by atoms with Gasteiger partial charge in [-0.3, -0.25) is 9.59 Å². The minimum atomic E-state index is -0.257. The topological polar surface area (TPSA) is 76.7 Å². The molecule has 0 saturated heterocycles. The van der Waals surface area contributed by atoms with E-state index >= 15 is 0 Å². The van der Waals surface area contributed by atoms with Gasteiger partial charge in [-0.2, -0.15) is 0 Å². The van der Waals surface area contributed by atoms with Gasteiger partial charge in [0, 0.05) is 38.0 Å². The number of carbonyl (C=O) groups is 2. The summed E-state index contributed by atoms with van der Waals surface area (Å²) >= 11 is 0. The molecule has 0 unspecified atom stereocenters. The van der Waals surface area contributed by atoms with E-state index in [1.54, 1.807) is 19.2 Å². The molecule has 0 saturated carbocycles. The molecule has 0 aliphatic rings. The highest BCUT2D eigenvalue weighted by Crippen LogP contribution is 2.15. The standard InChI is InChI=1S/C21H31N3O4/c1-5-11-24(21(26)16(2)3)14-17-7-6-12-23(17)15-18-8-9-19(28-18)20(25)22-10-13-27-4/h6-9,12,16H,5,10-11,13-15H2,1-4H3,(H,22,25). The Kier molecular flexibility index (Phi) is 8.32. The third-order valence-corrected chi connectivity index (χ3v) is 4.38. The van der Waals surface area contributed by atoms with Gasteiger partial charge in [0.25, 0.3) is 5.91 Å². The van der Waals surface area contributed by atoms with Crippen LogP contribution in [-0.4, -0.2) is 48.1 Å². The maximum Gasteiger partial charge on any atom is 0.287 e. The first-order valence-electron chi connectivity index (χ1n) is 9.74. The van der Waals surface area contributed by atoms with Crippen LogP contribution < -0.4 is 5.32 Å². The number of amides is 2. The monoisotopic (exact) mass is 389 g/mol. The first kappa shape index (κ1) is 21.8. The van der Waals surface area contributed by atoms with E-state index in [2.05, 4.69) is 12.2 Å². The molecule has 0 aliphatic carbocycles. The number of carbonyl (C=O) groups excluding carboxylic acids is 2. The second kappa shape index (κ2) is 10.7. The van der Waals surface area contributed by atoms with Gasteiger partial charge in [0.2, 0.25) is 5.91 Å². The van der Waals surface area contributed by atoms with E-state index in [-0.39, 0.29) is 23.5 Å². The number of hydrogen-bond donors (Lipinski definition) is 1.